The minimum Gasteiger partial charge on any atom is -0.434 e. The van der Waals surface area contributed by atoms with Gasteiger partial charge in [0.2, 0.25) is 0 Å². The lowest BCUT2D eigenvalue weighted by atomic mass is 10.1. The summed E-state index contributed by atoms with van der Waals surface area (Å²) in [4.78, 5) is 4.10. The van der Waals surface area contributed by atoms with E-state index in [4.69, 9.17) is 5.73 Å². The van der Waals surface area contributed by atoms with Gasteiger partial charge in [0.15, 0.2) is 5.96 Å². The van der Waals surface area contributed by atoms with E-state index in [1.54, 1.807) is 12.1 Å². The molecule has 0 saturated carbocycles. The molecule has 0 saturated heterocycles. The minimum absolute atomic E-state index is 0. The number of ether oxygens (including phenoxy) is 1. The van der Waals surface area contributed by atoms with Crippen molar-refractivity contribution in [3.05, 3.63) is 29.3 Å². The fourth-order valence-corrected chi connectivity index (χ4v) is 1.55. The van der Waals surface area contributed by atoms with Crippen LogP contribution >= 0.6 is 24.0 Å². The summed E-state index contributed by atoms with van der Waals surface area (Å²) in [5.41, 5.74) is 7.19. The molecule has 0 amide bonds. The Morgan fingerprint density at radius 3 is 2.60 bits per heavy atom. The van der Waals surface area contributed by atoms with Crippen molar-refractivity contribution in [2.45, 2.75) is 40.0 Å². The number of aryl methyl sites for hydroxylation is 1. The first-order valence-electron chi connectivity index (χ1n) is 5.99. The van der Waals surface area contributed by atoms with Crippen LogP contribution in [0.4, 0.5) is 8.78 Å². The second-order valence-electron chi connectivity index (χ2n) is 4.49. The quantitative estimate of drug-likeness (QED) is 0.455. The topological polar surface area (TPSA) is 59.6 Å². The Kier molecular flexibility index (Phi) is 8.43. The Labute approximate surface area is 134 Å². The summed E-state index contributed by atoms with van der Waals surface area (Å²) in [6.07, 6.45) is 0. The van der Waals surface area contributed by atoms with E-state index < -0.39 is 6.61 Å². The zero-order valence-electron chi connectivity index (χ0n) is 11.7. The number of halogens is 3. The molecule has 0 radical (unpaired) electrons. The molecule has 0 bridgehead atoms. The SMILES string of the molecule is Cc1ccc(OC(F)F)c(CN=C(N)NC(C)C)c1.I. The molecule has 4 nitrogen and oxygen atoms in total. The standard InChI is InChI=1S/C13H19F2N3O.HI/c1-8(2)18-13(16)17-7-10-6-9(3)4-5-11(10)19-12(14)15;/h4-6,8,12H,7H2,1-3H3,(H3,16,17,18);1H. The van der Waals surface area contributed by atoms with Gasteiger partial charge in [-0.3, -0.25) is 0 Å². The van der Waals surface area contributed by atoms with Gasteiger partial charge in [-0.15, -0.1) is 24.0 Å². The number of nitrogens with zero attached hydrogens (tertiary/aromatic N) is 1. The molecule has 0 fully saturated rings. The van der Waals surface area contributed by atoms with Crippen LogP contribution in [0.15, 0.2) is 23.2 Å². The van der Waals surface area contributed by atoms with Crippen LogP contribution < -0.4 is 15.8 Å². The number of hydrogen-bond acceptors (Lipinski definition) is 2. The molecule has 20 heavy (non-hydrogen) atoms. The molecular formula is C13H20F2IN3O. The highest BCUT2D eigenvalue weighted by molar-refractivity contribution is 14.0. The van der Waals surface area contributed by atoms with Gasteiger partial charge in [0.05, 0.1) is 6.54 Å². The average Bonchev–Trinajstić information content (AvgIpc) is 2.28. The van der Waals surface area contributed by atoms with E-state index >= 15 is 0 Å². The molecule has 1 aromatic rings. The molecule has 3 N–H and O–H groups in total. The third-order valence-electron chi connectivity index (χ3n) is 2.29. The highest BCUT2D eigenvalue weighted by atomic mass is 127. The van der Waals surface area contributed by atoms with E-state index in [9.17, 15) is 8.78 Å². The van der Waals surface area contributed by atoms with Gasteiger partial charge in [0.25, 0.3) is 0 Å². The lowest BCUT2D eigenvalue weighted by Gasteiger charge is -2.11. The monoisotopic (exact) mass is 399 g/mol. The summed E-state index contributed by atoms with van der Waals surface area (Å²) in [5.74, 6) is 0.404. The second-order valence-corrected chi connectivity index (χ2v) is 4.49. The van der Waals surface area contributed by atoms with Crippen molar-refractivity contribution in [2.75, 3.05) is 0 Å². The summed E-state index contributed by atoms with van der Waals surface area (Å²) in [5, 5.41) is 2.93. The Bertz CT molecular complexity index is 453. The van der Waals surface area contributed by atoms with E-state index in [-0.39, 0.29) is 48.3 Å². The van der Waals surface area contributed by atoms with Gasteiger partial charge in [-0.25, -0.2) is 4.99 Å². The Morgan fingerprint density at radius 1 is 1.40 bits per heavy atom. The molecule has 0 aliphatic heterocycles. The molecule has 1 aromatic carbocycles. The largest absolute Gasteiger partial charge is 0.434 e. The molecule has 0 heterocycles. The normalized spacial score (nSPS) is 11.4. The summed E-state index contributed by atoms with van der Waals surface area (Å²) in [7, 11) is 0. The third kappa shape index (κ3) is 6.88. The van der Waals surface area contributed by atoms with Gasteiger partial charge < -0.3 is 15.8 Å². The number of nitrogens with two attached hydrogens (primary N) is 1. The van der Waals surface area contributed by atoms with Crippen LogP contribution in [0.25, 0.3) is 0 Å². The van der Waals surface area contributed by atoms with E-state index in [1.165, 1.54) is 6.07 Å². The van der Waals surface area contributed by atoms with Gasteiger partial charge in [-0.05, 0) is 26.8 Å². The van der Waals surface area contributed by atoms with Gasteiger partial charge in [-0.2, -0.15) is 8.78 Å². The molecule has 0 unspecified atom stereocenters. The van der Waals surface area contributed by atoms with E-state index in [1.807, 2.05) is 20.8 Å². The van der Waals surface area contributed by atoms with E-state index in [0.717, 1.165) is 5.56 Å². The maximum atomic E-state index is 12.3. The van der Waals surface area contributed by atoms with Crippen LogP contribution in [0.3, 0.4) is 0 Å². The lowest BCUT2D eigenvalue weighted by Crippen LogP contribution is -2.36. The summed E-state index contributed by atoms with van der Waals surface area (Å²) in [6, 6.07) is 5.14. The fourth-order valence-electron chi connectivity index (χ4n) is 1.55. The lowest BCUT2D eigenvalue weighted by molar-refractivity contribution is -0.0504. The predicted molar refractivity (Wildman–Crippen MR) is 86.8 cm³/mol. The highest BCUT2D eigenvalue weighted by Crippen LogP contribution is 2.22. The molecule has 0 atom stereocenters. The predicted octanol–water partition coefficient (Wildman–Crippen LogP) is 3.03. The van der Waals surface area contributed by atoms with Crippen LogP contribution in [0.1, 0.15) is 25.0 Å². The maximum absolute atomic E-state index is 12.3. The van der Waals surface area contributed by atoms with Crippen molar-refractivity contribution < 1.29 is 13.5 Å². The van der Waals surface area contributed by atoms with Crippen molar-refractivity contribution in [1.82, 2.24) is 5.32 Å². The van der Waals surface area contributed by atoms with Crippen LogP contribution in [-0.4, -0.2) is 18.6 Å². The van der Waals surface area contributed by atoms with Crippen molar-refractivity contribution >= 4 is 29.9 Å². The van der Waals surface area contributed by atoms with Crippen LogP contribution in [0.2, 0.25) is 0 Å². The first kappa shape index (κ1) is 18.9. The van der Waals surface area contributed by atoms with Gasteiger partial charge >= 0.3 is 6.61 Å². The number of alkyl halides is 2. The molecule has 0 aromatic heterocycles. The van der Waals surface area contributed by atoms with Crippen LogP contribution in [0.5, 0.6) is 5.75 Å². The molecule has 0 spiro atoms. The molecular weight excluding hydrogens is 379 g/mol. The first-order valence-corrected chi connectivity index (χ1v) is 5.99. The Balaban J connectivity index is 0.00000361. The number of guanidine groups is 1. The first-order chi connectivity index (χ1) is 8.88. The number of nitrogens with one attached hydrogen (secondary N) is 1. The zero-order chi connectivity index (χ0) is 14.4. The highest BCUT2D eigenvalue weighted by Gasteiger charge is 2.09. The maximum Gasteiger partial charge on any atom is 0.387 e. The van der Waals surface area contributed by atoms with E-state index in [0.29, 0.717) is 5.56 Å². The molecule has 0 aliphatic rings. The van der Waals surface area contributed by atoms with E-state index in [2.05, 4.69) is 15.0 Å². The number of benzene rings is 1. The van der Waals surface area contributed by atoms with Gasteiger partial charge in [0, 0.05) is 11.6 Å². The van der Waals surface area contributed by atoms with Crippen molar-refractivity contribution in [1.29, 1.82) is 0 Å². The number of hydrogen-bond donors (Lipinski definition) is 2. The third-order valence-corrected chi connectivity index (χ3v) is 2.29. The van der Waals surface area contributed by atoms with Crippen molar-refractivity contribution in [3.8, 4) is 5.75 Å². The summed E-state index contributed by atoms with van der Waals surface area (Å²) >= 11 is 0. The molecule has 1 rings (SSSR count). The molecule has 114 valence electrons. The molecule has 7 heteroatoms. The fraction of sp³-hybridized carbons (Fsp3) is 0.462. The van der Waals surface area contributed by atoms with Crippen LogP contribution in [0, 0.1) is 6.92 Å². The zero-order valence-corrected chi connectivity index (χ0v) is 14.0. The van der Waals surface area contributed by atoms with Gasteiger partial charge in [-0.1, -0.05) is 17.7 Å². The number of rotatable bonds is 5. The Morgan fingerprint density at radius 2 is 2.05 bits per heavy atom. The van der Waals surface area contributed by atoms with Crippen molar-refractivity contribution in [3.63, 3.8) is 0 Å². The van der Waals surface area contributed by atoms with Crippen LogP contribution in [-0.2, 0) is 6.54 Å². The summed E-state index contributed by atoms with van der Waals surface area (Å²) in [6.45, 7) is 3.07. The minimum atomic E-state index is -2.85. The number of aliphatic imine (C=N–C) groups is 1. The smallest absolute Gasteiger partial charge is 0.387 e. The Hall–Kier alpha value is -1.12. The second kappa shape index (κ2) is 8.93. The molecule has 0 aliphatic carbocycles. The average molecular weight is 399 g/mol. The van der Waals surface area contributed by atoms with Crippen molar-refractivity contribution in [2.24, 2.45) is 10.7 Å². The summed E-state index contributed by atoms with van der Waals surface area (Å²) < 4.78 is 29.0. The van der Waals surface area contributed by atoms with Gasteiger partial charge in [0.1, 0.15) is 5.75 Å².